The molecule has 0 saturated carbocycles. The van der Waals surface area contributed by atoms with Crippen LogP contribution >= 0.6 is 0 Å². The summed E-state index contributed by atoms with van der Waals surface area (Å²) in [7, 11) is 2.61. The van der Waals surface area contributed by atoms with Crippen LogP contribution in [0.2, 0.25) is 6.04 Å². The predicted octanol–water partition coefficient (Wildman–Crippen LogP) is 0.844. The van der Waals surface area contributed by atoms with E-state index in [0.29, 0.717) is 0 Å². The molecule has 0 unspecified atom stereocenters. The lowest BCUT2D eigenvalue weighted by Gasteiger charge is -2.24. The van der Waals surface area contributed by atoms with Gasteiger partial charge in [0.25, 0.3) is 0 Å². The molecule has 0 fully saturated rings. The van der Waals surface area contributed by atoms with Crippen molar-refractivity contribution in [1.82, 2.24) is 10.6 Å². The second-order valence-electron chi connectivity index (χ2n) is 3.90. The standard InChI is InChI=1S/C11H28N2O3Si/c1-5-7-12-9-10-13-8-6-11-17(14-2,15-3)16-4/h12-13H,5-11H2,1-4H3. The van der Waals surface area contributed by atoms with E-state index >= 15 is 0 Å². The minimum Gasteiger partial charge on any atom is -0.377 e. The van der Waals surface area contributed by atoms with E-state index < -0.39 is 8.80 Å². The van der Waals surface area contributed by atoms with Gasteiger partial charge >= 0.3 is 8.80 Å². The van der Waals surface area contributed by atoms with Crippen molar-refractivity contribution in [2.75, 3.05) is 47.5 Å². The summed E-state index contributed by atoms with van der Waals surface area (Å²) in [5.41, 5.74) is 0. The summed E-state index contributed by atoms with van der Waals surface area (Å²) in [5.74, 6) is 0. The maximum Gasteiger partial charge on any atom is 0.500 e. The van der Waals surface area contributed by atoms with Crippen molar-refractivity contribution < 1.29 is 13.3 Å². The lowest BCUT2D eigenvalue weighted by molar-refractivity contribution is 0.123. The third-order valence-corrected chi connectivity index (χ3v) is 5.51. The molecular formula is C11H28N2O3Si. The van der Waals surface area contributed by atoms with E-state index in [0.717, 1.165) is 38.6 Å². The van der Waals surface area contributed by atoms with Gasteiger partial charge in [0.2, 0.25) is 0 Å². The van der Waals surface area contributed by atoms with Crippen molar-refractivity contribution in [2.24, 2.45) is 0 Å². The van der Waals surface area contributed by atoms with Gasteiger partial charge in [-0.15, -0.1) is 0 Å². The summed E-state index contributed by atoms with van der Waals surface area (Å²) in [6.07, 6.45) is 2.19. The van der Waals surface area contributed by atoms with E-state index in [-0.39, 0.29) is 0 Å². The molecular weight excluding hydrogens is 236 g/mol. The van der Waals surface area contributed by atoms with Crippen LogP contribution in [0.4, 0.5) is 0 Å². The van der Waals surface area contributed by atoms with Gasteiger partial charge in [-0.05, 0) is 25.9 Å². The molecule has 0 heterocycles. The van der Waals surface area contributed by atoms with E-state index in [4.69, 9.17) is 13.3 Å². The monoisotopic (exact) mass is 264 g/mol. The zero-order chi connectivity index (χ0) is 13.0. The normalized spacial score (nSPS) is 12.0. The summed E-state index contributed by atoms with van der Waals surface area (Å²) in [6, 6.07) is 0.853. The van der Waals surface area contributed by atoms with Gasteiger partial charge in [-0.25, -0.2) is 0 Å². The first kappa shape index (κ1) is 17.0. The molecule has 0 aliphatic rings. The molecule has 0 saturated heterocycles. The molecule has 0 aromatic carbocycles. The molecule has 0 aliphatic heterocycles. The third kappa shape index (κ3) is 7.85. The van der Waals surface area contributed by atoms with E-state index in [9.17, 15) is 0 Å². The van der Waals surface area contributed by atoms with E-state index in [2.05, 4.69) is 17.6 Å². The maximum atomic E-state index is 5.35. The fourth-order valence-corrected chi connectivity index (χ4v) is 3.31. The molecule has 104 valence electrons. The topological polar surface area (TPSA) is 51.8 Å². The second kappa shape index (κ2) is 11.1. The summed E-state index contributed by atoms with van der Waals surface area (Å²) in [4.78, 5) is 0. The minimum atomic E-state index is -2.35. The Morgan fingerprint density at radius 3 is 1.82 bits per heavy atom. The lowest BCUT2D eigenvalue weighted by Crippen LogP contribution is -2.43. The van der Waals surface area contributed by atoms with Crippen molar-refractivity contribution >= 4 is 8.80 Å². The Bertz CT molecular complexity index is 161. The lowest BCUT2D eigenvalue weighted by atomic mass is 10.4. The van der Waals surface area contributed by atoms with Gasteiger partial charge < -0.3 is 23.9 Å². The Morgan fingerprint density at radius 1 is 0.824 bits per heavy atom. The van der Waals surface area contributed by atoms with Gasteiger partial charge in [-0.3, -0.25) is 0 Å². The number of hydrogen-bond acceptors (Lipinski definition) is 5. The van der Waals surface area contributed by atoms with Gasteiger partial charge in [-0.2, -0.15) is 0 Å². The van der Waals surface area contributed by atoms with E-state index in [1.807, 2.05) is 0 Å². The Labute approximate surface area is 107 Å². The first-order valence-electron chi connectivity index (χ1n) is 6.31. The Balaban J connectivity index is 3.43. The highest BCUT2D eigenvalue weighted by Gasteiger charge is 2.36. The zero-order valence-corrected chi connectivity index (χ0v) is 12.7. The quantitative estimate of drug-likeness (QED) is 0.404. The molecule has 0 aromatic rings. The summed E-state index contributed by atoms with van der Waals surface area (Å²) >= 11 is 0. The van der Waals surface area contributed by atoms with Crippen molar-refractivity contribution in [1.29, 1.82) is 0 Å². The van der Waals surface area contributed by atoms with Gasteiger partial charge in [0.15, 0.2) is 0 Å². The van der Waals surface area contributed by atoms with Gasteiger partial charge in [0.05, 0.1) is 0 Å². The van der Waals surface area contributed by atoms with Crippen LogP contribution in [-0.4, -0.2) is 56.3 Å². The van der Waals surface area contributed by atoms with Crippen molar-refractivity contribution in [3.05, 3.63) is 0 Å². The first-order valence-corrected chi connectivity index (χ1v) is 8.24. The average molecular weight is 264 g/mol. The minimum absolute atomic E-state index is 0.853. The SMILES string of the molecule is CCCNCCNCCC[Si](OC)(OC)OC. The molecule has 0 bridgehead atoms. The van der Waals surface area contributed by atoms with Crippen molar-refractivity contribution in [3.8, 4) is 0 Å². The van der Waals surface area contributed by atoms with Crippen LogP contribution < -0.4 is 10.6 Å². The Morgan fingerprint density at radius 2 is 1.35 bits per heavy atom. The van der Waals surface area contributed by atoms with Crippen molar-refractivity contribution in [2.45, 2.75) is 25.8 Å². The number of hydrogen-bond donors (Lipinski definition) is 2. The Kier molecular flexibility index (Phi) is 11.1. The third-order valence-electron chi connectivity index (χ3n) is 2.67. The van der Waals surface area contributed by atoms with Crippen LogP contribution in [0.25, 0.3) is 0 Å². The largest absolute Gasteiger partial charge is 0.500 e. The summed E-state index contributed by atoms with van der Waals surface area (Å²) in [5, 5.41) is 6.73. The smallest absolute Gasteiger partial charge is 0.377 e. The molecule has 0 aliphatic carbocycles. The first-order chi connectivity index (χ1) is 8.24. The molecule has 2 N–H and O–H groups in total. The number of nitrogens with one attached hydrogen (secondary N) is 2. The molecule has 6 heteroatoms. The van der Waals surface area contributed by atoms with Crippen LogP contribution in [0.15, 0.2) is 0 Å². The molecule has 0 spiro atoms. The average Bonchev–Trinajstić information content (AvgIpc) is 2.38. The summed E-state index contributed by atoms with van der Waals surface area (Å²) in [6.45, 7) is 6.26. The predicted molar refractivity (Wildman–Crippen MR) is 72.2 cm³/mol. The maximum absolute atomic E-state index is 5.35. The highest BCUT2D eigenvalue weighted by molar-refractivity contribution is 6.60. The van der Waals surface area contributed by atoms with Gasteiger partial charge in [0.1, 0.15) is 0 Å². The summed E-state index contributed by atoms with van der Waals surface area (Å²) < 4.78 is 16.1. The van der Waals surface area contributed by atoms with Gasteiger partial charge in [-0.1, -0.05) is 6.92 Å². The second-order valence-corrected chi connectivity index (χ2v) is 6.99. The molecule has 0 amide bonds. The van der Waals surface area contributed by atoms with Crippen LogP contribution in [-0.2, 0) is 13.3 Å². The molecule has 0 atom stereocenters. The van der Waals surface area contributed by atoms with Crippen LogP contribution in [0, 0.1) is 0 Å². The zero-order valence-electron chi connectivity index (χ0n) is 11.7. The van der Waals surface area contributed by atoms with E-state index in [1.165, 1.54) is 6.42 Å². The highest BCUT2D eigenvalue weighted by Crippen LogP contribution is 2.14. The fourth-order valence-electron chi connectivity index (χ4n) is 1.59. The molecule has 5 nitrogen and oxygen atoms in total. The molecule has 17 heavy (non-hydrogen) atoms. The van der Waals surface area contributed by atoms with Crippen molar-refractivity contribution in [3.63, 3.8) is 0 Å². The number of rotatable bonds is 12. The van der Waals surface area contributed by atoms with Crippen LogP contribution in [0.1, 0.15) is 19.8 Å². The van der Waals surface area contributed by atoms with Crippen LogP contribution in [0.3, 0.4) is 0 Å². The van der Waals surface area contributed by atoms with Gasteiger partial charge in [0, 0.05) is 40.5 Å². The molecule has 0 aromatic heterocycles. The van der Waals surface area contributed by atoms with E-state index in [1.54, 1.807) is 21.3 Å². The molecule has 0 rings (SSSR count). The molecule has 0 radical (unpaired) electrons. The Hall–Kier alpha value is 0.0169. The fraction of sp³-hybridized carbons (Fsp3) is 1.00. The highest BCUT2D eigenvalue weighted by atomic mass is 28.4. The van der Waals surface area contributed by atoms with Crippen LogP contribution in [0.5, 0.6) is 0 Å².